The molecule has 0 aliphatic carbocycles. The fourth-order valence-electron chi connectivity index (χ4n) is 2.70. The third kappa shape index (κ3) is 3.15. The fraction of sp³-hybridized carbons (Fsp3) is 0.158. The molecule has 3 aromatic rings. The molecule has 1 unspecified atom stereocenters. The van der Waals surface area contributed by atoms with Crippen LogP contribution in [-0.2, 0) is 4.79 Å². The minimum Gasteiger partial charge on any atom is -0.496 e. The molecule has 2 aromatic carbocycles. The van der Waals surface area contributed by atoms with Gasteiger partial charge in [0.1, 0.15) is 17.6 Å². The quantitative estimate of drug-likeness (QED) is 0.719. The van der Waals surface area contributed by atoms with Crippen LogP contribution in [-0.4, -0.2) is 29.2 Å². The van der Waals surface area contributed by atoms with Crippen molar-refractivity contribution in [3.8, 4) is 16.9 Å². The van der Waals surface area contributed by atoms with Crippen LogP contribution < -0.4 is 10.1 Å². The van der Waals surface area contributed by atoms with Crippen molar-refractivity contribution in [2.75, 3.05) is 12.4 Å². The van der Waals surface area contributed by atoms with Crippen LogP contribution in [0.4, 0.5) is 14.6 Å². The van der Waals surface area contributed by atoms with Crippen LogP contribution in [0.1, 0.15) is 6.92 Å². The molecular weight excluding hydrogens is 342 g/mol. The van der Waals surface area contributed by atoms with E-state index in [2.05, 4.69) is 10.3 Å². The average molecular weight is 358 g/mol. The Morgan fingerprint density at radius 2 is 2.00 bits per heavy atom. The Hall–Kier alpha value is -3.22. The highest BCUT2D eigenvalue weighted by Gasteiger charge is 2.18. The molecule has 5 nitrogen and oxygen atoms in total. The number of aliphatic carboxylic acids is 1. The van der Waals surface area contributed by atoms with Crippen LogP contribution in [0.15, 0.2) is 42.6 Å². The molecule has 0 aliphatic heterocycles. The first-order valence-corrected chi connectivity index (χ1v) is 7.83. The van der Waals surface area contributed by atoms with Gasteiger partial charge in [-0.2, -0.15) is 0 Å². The number of benzene rings is 2. The lowest BCUT2D eigenvalue weighted by molar-refractivity contribution is -0.137. The van der Waals surface area contributed by atoms with E-state index >= 15 is 0 Å². The van der Waals surface area contributed by atoms with Crippen molar-refractivity contribution in [3.63, 3.8) is 0 Å². The monoisotopic (exact) mass is 358 g/mol. The van der Waals surface area contributed by atoms with E-state index in [1.54, 1.807) is 18.2 Å². The maximum absolute atomic E-state index is 13.7. The molecule has 0 fully saturated rings. The number of hydrogen-bond acceptors (Lipinski definition) is 4. The summed E-state index contributed by atoms with van der Waals surface area (Å²) in [4.78, 5) is 15.4. The predicted octanol–water partition coefficient (Wildman–Crippen LogP) is 4.07. The highest BCUT2D eigenvalue weighted by Crippen LogP contribution is 2.37. The molecule has 0 saturated heterocycles. The van der Waals surface area contributed by atoms with E-state index in [4.69, 9.17) is 9.84 Å². The number of carboxylic acids is 1. The lowest BCUT2D eigenvalue weighted by Gasteiger charge is -2.16. The number of methoxy groups -OCH3 is 1. The summed E-state index contributed by atoms with van der Waals surface area (Å²) in [5.41, 5.74) is 1.03. The van der Waals surface area contributed by atoms with Crippen LogP contribution in [0.2, 0.25) is 0 Å². The molecule has 0 radical (unpaired) electrons. The lowest BCUT2D eigenvalue weighted by atomic mass is 9.99. The number of fused-ring (bicyclic) bond motifs is 1. The maximum atomic E-state index is 13.7. The van der Waals surface area contributed by atoms with Gasteiger partial charge in [0, 0.05) is 11.8 Å². The number of nitrogens with one attached hydrogen (secondary N) is 1. The Balaban J connectivity index is 2.24. The maximum Gasteiger partial charge on any atom is 0.325 e. The van der Waals surface area contributed by atoms with Gasteiger partial charge in [0.15, 0.2) is 11.6 Å². The third-order valence-electron chi connectivity index (χ3n) is 4.05. The molecule has 7 heteroatoms. The summed E-state index contributed by atoms with van der Waals surface area (Å²) in [6, 6.07) is 8.00. The molecule has 2 N–H and O–H groups in total. The third-order valence-corrected chi connectivity index (χ3v) is 4.05. The Kier molecular flexibility index (Phi) is 4.71. The lowest BCUT2D eigenvalue weighted by Crippen LogP contribution is -2.26. The molecule has 0 saturated carbocycles. The largest absolute Gasteiger partial charge is 0.496 e. The van der Waals surface area contributed by atoms with E-state index in [1.807, 2.05) is 0 Å². The SMILES string of the molecule is COc1cccc2c(-c3ccc(F)c(F)c3)cnc(NC(C)C(=O)O)c12. The van der Waals surface area contributed by atoms with Crippen molar-refractivity contribution in [3.05, 3.63) is 54.2 Å². The summed E-state index contributed by atoms with van der Waals surface area (Å²) in [7, 11) is 1.49. The Bertz CT molecular complexity index is 992. The second-order valence-electron chi connectivity index (χ2n) is 5.74. The molecule has 134 valence electrons. The summed E-state index contributed by atoms with van der Waals surface area (Å²) in [6.45, 7) is 1.49. The smallest absolute Gasteiger partial charge is 0.325 e. The minimum atomic E-state index is -1.03. The first-order chi connectivity index (χ1) is 12.4. The molecule has 1 atom stereocenters. The van der Waals surface area contributed by atoms with Crippen LogP contribution in [0.5, 0.6) is 5.75 Å². The Labute approximate surface area is 148 Å². The topological polar surface area (TPSA) is 71.5 Å². The van der Waals surface area contributed by atoms with Gasteiger partial charge in [0.05, 0.1) is 12.5 Å². The van der Waals surface area contributed by atoms with Gasteiger partial charge in [-0.05, 0) is 36.1 Å². The van der Waals surface area contributed by atoms with Gasteiger partial charge in [-0.25, -0.2) is 13.8 Å². The van der Waals surface area contributed by atoms with Gasteiger partial charge in [-0.1, -0.05) is 18.2 Å². The molecule has 0 aliphatic rings. The summed E-state index contributed by atoms with van der Waals surface area (Å²) in [5.74, 6) is -2.10. The number of nitrogens with zero attached hydrogens (tertiary/aromatic N) is 1. The van der Waals surface area contributed by atoms with Gasteiger partial charge in [-0.15, -0.1) is 0 Å². The summed E-state index contributed by atoms with van der Waals surface area (Å²) in [6.07, 6.45) is 1.49. The van der Waals surface area contributed by atoms with Gasteiger partial charge in [0.25, 0.3) is 0 Å². The zero-order valence-corrected chi connectivity index (χ0v) is 14.1. The van der Waals surface area contributed by atoms with E-state index in [-0.39, 0.29) is 0 Å². The minimum absolute atomic E-state index is 0.332. The van der Waals surface area contributed by atoms with Gasteiger partial charge >= 0.3 is 5.97 Å². The number of pyridine rings is 1. The van der Waals surface area contributed by atoms with Crippen molar-refractivity contribution in [1.29, 1.82) is 0 Å². The zero-order valence-electron chi connectivity index (χ0n) is 14.1. The number of carbonyl (C=O) groups is 1. The van der Waals surface area contributed by atoms with E-state index in [0.29, 0.717) is 33.5 Å². The summed E-state index contributed by atoms with van der Waals surface area (Å²) < 4.78 is 32.3. The summed E-state index contributed by atoms with van der Waals surface area (Å²) in [5, 5.41) is 13.2. The second-order valence-corrected chi connectivity index (χ2v) is 5.74. The molecule has 0 bridgehead atoms. The molecule has 0 amide bonds. The van der Waals surface area contributed by atoms with Crippen molar-refractivity contribution < 1.29 is 23.4 Å². The van der Waals surface area contributed by atoms with Crippen LogP contribution in [0.25, 0.3) is 21.9 Å². The fourth-order valence-corrected chi connectivity index (χ4v) is 2.70. The van der Waals surface area contributed by atoms with Crippen molar-refractivity contribution in [2.24, 2.45) is 0 Å². The van der Waals surface area contributed by atoms with Crippen molar-refractivity contribution >= 4 is 22.6 Å². The van der Waals surface area contributed by atoms with Gasteiger partial charge < -0.3 is 15.2 Å². The Morgan fingerprint density at radius 3 is 2.65 bits per heavy atom. The summed E-state index contributed by atoms with van der Waals surface area (Å²) >= 11 is 0. The highest BCUT2D eigenvalue weighted by molar-refractivity contribution is 6.05. The van der Waals surface area contributed by atoms with E-state index in [0.717, 1.165) is 12.1 Å². The number of ether oxygens (including phenoxy) is 1. The molecular formula is C19H16F2N2O3. The number of aromatic nitrogens is 1. The molecule has 26 heavy (non-hydrogen) atoms. The molecule has 1 heterocycles. The van der Waals surface area contributed by atoms with E-state index < -0.39 is 23.6 Å². The standard InChI is InChI=1S/C19H16F2N2O3/c1-10(19(24)25)23-18-17-12(4-3-5-16(17)26-2)13(9-22-18)11-6-7-14(20)15(21)8-11/h3-10H,1-2H3,(H,22,23)(H,24,25). The highest BCUT2D eigenvalue weighted by atomic mass is 19.2. The predicted molar refractivity (Wildman–Crippen MR) is 94.4 cm³/mol. The van der Waals surface area contributed by atoms with Crippen molar-refractivity contribution in [2.45, 2.75) is 13.0 Å². The van der Waals surface area contributed by atoms with Crippen molar-refractivity contribution in [1.82, 2.24) is 4.98 Å². The van der Waals surface area contributed by atoms with Crippen LogP contribution in [0.3, 0.4) is 0 Å². The normalized spacial score (nSPS) is 12.0. The van der Waals surface area contributed by atoms with Gasteiger partial charge in [-0.3, -0.25) is 4.79 Å². The Morgan fingerprint density at radius 1 is 1.23 bits per heavy atom. The number of rotatable bonds is 5. The zero-order chi connectivity index (χ0) is 18.8. The van der Waals surface area contributed by atoms with E-state index in [9.17, 15) is 13.6 Å². The first-order valence-electron chi connectivity index (χ1n) is 7.83. The number of anilines is 1. The average Bonchev–Trinajstić information content (AvgIpc) is 2.63. The molecule has 1 aromatic heterocycles. The van der Waals surface area contributed by atoms with Gasteiger partial charge in [0.2, 0.25) is 0 Å². The number of carboxylic acid groups (broad SMARTS) is 1. The second kappa shape index (κ2) is 6.95. The first kappa shape index (κ1) is 17.6. The van der Waals surface area contributed by atoms with E-state index in [1.165, 1.54) is 26.3 Å². The van der Waals surface area contributed by atoms with Crippen LogP contribution >= 0.6 is 0 Å². The number of halogens is 2. The number of hydrogen-bond donors (Lipinski definition) is 2. The molecule has 0 spiro atoms. The molecule has 3 rings (SSSR count). The van der Waals surface area contributed by atoms with Crippen LogP contribution in [0, 0.1) is 11.6 Å².